The van der Waals surface area contributed by atoms with Crippen LogP contribution in [0.15, 0.2) is 35.4 Å². The lowest BCUT2D eigenvalue weighted by atomic mass is 10.3. The van der Waals surface area contributed by atoms with Crippen molar-refractivity contribution in [3.05, 3.63) is 51.1 Å². The Bertz CT molecular complexity index is 971. The largest absolute Gasteiger partial charge is 0.481 e. The summed E-state index contributed by atoms with van der Waals surface area (Å²) < 4.78 is 7.92. The van der Waals surface area contributed by atoms with Gasteiger partial charge < -0.3 is 9.84 Å². The second kappa shape index (κ2) is 7.20. The van der Waals surface area contributed by atoms with Gasteiger partial charge in [0.15, 0.2) is 11.9 Å². The van der Waals surface area contributed by atoms with Gasteiger partial charge in [-0.05, 0) is 19.1 Å². The molecule has 1 N–H and O–H groups in total. The predicted octanol–water partition coefficient (Wildman–Crippen LogP) is 3.12. The van der Waals surface area contributed by atoms with Crippen LogP contribution in [-0.2, 0) is 11.3 Å². The van der Waals surface area contributed by atoms with Gasteiger partial charge in [0.05, 0.1) is 21.7 Å². The van der Waals surface area contributed by atoms with E-state index in [0.29, 0.717) is 26.8 Å². The Hall–Kier alpha value is -2.45. The van der Waals surface area contributed by atoms with Gasteiger partial charge in [-0.25, -0.2) is 9.97 Å². The number of carbonyl (C=O) groups is 1. The van der Waals surface area contributed by atoms with Gasteiger partial charge in [-0.2, -0.15) is 0 Å². The first-order valence-corrected chi connectivity index (χ1v) is 8.63. The number of rotatable bonds is 6. The van der Waals surface area contributed by atoms with Crippen molar-refractivity contribution in [1.82, 2.24) is 14.5 Å². The molecule has 25 heavy (non-hydrogen) atoms. The number of aromatic nitrogens is 3. The van der Waals surface area contributed by atoms with Crippen LogP contribution in [0.25, 0.3) is 10.2 Å². The number of aliphatic carboxylic acids is 1. The number of fused-ring (bicyclic) bond motifs is 1. The van der Waals surface area contributed by atoms with Crippen LogP contribution in [-0.4, -0.2) is 25.6 Å². The molecule has 3 rings (SSSR count). The molecule has 0 aliphatic heterocycles. The molecular weight excluding hydrogens is 366 g/mol. The van der Waals surface area contributed by atoms with E-state index in [-0.39, 0.29) is 17.8 Å². The number of aryl methyl sites for hydroxylation is 1. The van der Waals surface area contributed by atoms with Crippen molar-refractivity contribution < 1.29 is 14.6 Å². The van der Waals surface area contributed by atoms with Crippen molar-refractivity contribution in [2.24, 2.45) is 0 Å². The van der Waals surface area contributed by atoms with Gasteiger partial charge in [0.1, 0.15) is 5.75 Å². The number of benzene rings is 1. The van der Waals surface area contributed by atoms with E-state index in [1.807, 2.05) is 0 Å². The van der Waals surface area contributed by atoms with Crippen molar-refractivity contribution in [2.75, 3.05) is 0 Å². The molecule has 9 heteroatoms. The monoisotopic (exact) mass is 379 g/mol. The van der Waals surface area contributed by atoms with E-state index in [1.165, 1.54) is 4.57 Å². The molecule has 0 saturated heterocycles. The van der Waals surface area contributed by atoms with E-state index in [2.05, 4.69) is 9.97 Å². The Morgan fingerprint density at radius 3 is 2.80 bits per heavy atom. The molecule has 1 aromatic carbocycles. The number of nitrogens with zero attached hydrogens (tertiary/aromatic N) is 3. The second-order valence-corrected chi connectivity index (χ2v) is 6.68. The highest BCUT2D eigenvalue weighted by Gasteiger charge is 2.16. The van der Waals surface area contributed by atoms with Crippen LogP contribution in [0, 0.1) is 0 Å². The van der Waals surface area contributed by atoms with Crippen LogP contribution in [0.4, 0.5) is 0 Å². The minimum atomic E-state index is -0.964. The van der Waals surface area contributed by atoms with Crippen molar-refractivity contribution in [3.8, 4) is 5.75 Å². The molecule has 1 atom stereocenters. The summed E-state index contributed by atoms with van der Waals surface area (Å²) in [7, 11) is 0. The fourth-order valence-electron chi connectivity index (χ4n) is 2.34. The molecule has 0 unspecified atom stereocenters. The Labute approximate surface area is 151 Å². The molecule has 0 saturated carbocycles. The summed E-state index contributed by atoms with van der Waals surface area (Å²) in [6, 6.07) is 5.01. The maximum atomic E-state index is 12.1. The van der Waals surface area contributed by atoms with E-state index in [1.54, 1.807) is 37.5 Å². The van der Waals surface area contributed by atoms with Crippen LogP contribution < -0.4 is 9.61 Å². The molecule has 0 spiro atoms. The molecule has 0 radical (unpaired) electrons. The van der Waals surface area contributed by atoms with Crippen molar-refractivity contribution in [2.45, 2.75) is 26.0 Å². The van der Waals surface area contributed by atoms with Crippen molar-refractivity contribution >= 4 is 39.1 Å². The SMILES string of the molecule is C[C@@H](Oc1cc2sc(=O)n(CCC(=O)O)c2cc1Cl)c1ncccn1. The van der Waals surface area contributed by atoms with Crippen LogP contribution in [0.1, 0.15) is 25.3 Å². The Morgan fingerprint density at radius 2 is 2.12 bits per heavy atom. The maximum absolute atomic E-state index is 12.1. The van der Waals surface area contributed by atoms with E-state index < -0.39 is 12.1 Å². The first-order chi connectivity index (χ1) is 12.0. The van der Waals surface area contributed by atoms with E-state index in [0.717, 1.165) is 11.3 Å². The highest BCUT2D eigenvalue weighted by molar-refractivity contribution is 7.16. The fraction of sp³-hybridized carbons (Fsp3) is 0.250. The third kappa shape index (κ3) is 3.80. The normalized spacial score (nSPS) is 12.2. The number of halogens is 1. The zero-order chi connectivity index (χ0) is 18.0. The molecule has 0 fully saturated rings. The molecule has 130 valence electrons. The van der Waals surface area contributed by atoms with Gasteiger partial charge in [-0.15, -0.1) is 0 Å². The Kier molecular flexibility index (Phi) is 5.00. The van der Waals surface area contributed by atoms with Crippen LogP contribution in [0.3, 0.4) is 0 Å². The number of hydrogen-bond donors (Lipinski definition) is 1. The average Bonchev–Trinajstić information content (AvgIpc) is 2.88. The Balaban J connectivity index is 1.92. The highest BCUT2D eigenvalue weighted by atomic mass is 35.5. The number of carboxylic acids is 1. The third-order valence-corrected chi connectivity index (χ3v) is 4.76. The number of hydrogen-bond acceptors (Lipinski definition) is 6. The first kappa shape index (κ1) is 17.4. The van der Waals surface area contributed by atoms with Gasteiger partial charge in [-0.3, -0.25) is 14.2 Å². The van der Waals surface area contributed by atoms with Crippen LogP contribution >= 0.6 is 22.9 Å². The molecule has 0 amide bonds. The summed E-state index contributed by atoms with van der Waals surface area (Å²) in [6.07, 6.45) is 2.70. The van der Waals surface area contributed by atoms with Gasteiger partial charge in [0.2, 0.25) is 0 Å². The van der Waals surface area contributed by atoms with E-state index in [9.17, 15) is 9.59 Å². The molecule has 2 aromatic heterocycles. The second-order valence-electron chi connectivity index (χ2n) is 5.28. The summed E-state index contributed by atoms with van der Waals surface area (Å²) in [4.78, 5) is 30.9. The van der Waals surface area contributed by atoms with Gasteiger partial charge >= 0.3 is 10.8 Å². The van der Waals surface area contributed by atoms with Gasteiger partial charge in [0, 0.05) is 25.0 Å². The van der Waals surface area contributed by atoms with E-state index in [4.69, 9.17) is 21.4 Å². The smallest absolute Gasteiger partial charge is 0.308 e. The Morgan fingerprint density at radius 1 is 1.40 bits per heavy atom. The lowest BCUT2D eigenvalue weighted by Crippen LogP contribution is -2.15. The third-order valence-electron chi connectivity index (χ3n) is 3.52. The quantitative estimate of drug-likeness (QED) is 0.707. The predicted molar refractivity (Wildman–Crippen MR) is 94.4 cm³/mol. The molecular formula is C16H14ClN3O4S. The van der Waals surface area contributed by atoms with Gasteiger partial charge in [0.25, 0.3) is 0 Å². The summed E-state index contributed by atoms with van der Waals surface area (Å²) in [6.45, 7) is 1.90. The molecule has 2 heterocycles. The van der Waals surface area contributed by atoms with E-state index >= 15 is 0 Å². The zero-order valence-electron chi connectivity index (χ0n) is 13.2. The lowest BCUT2D eigenvalue weighted by molar-refractivity contribution is -0.137. The average molecular weight is 380 g/mol. The molecule has 0 aliphatic carbocycles. The number of ether oxygens (including phenoxy) is 1. The fourth-order valence-corrected chi connectivity index (χ4v) is 3.47. The number of thiazole rings is 1. The van der Waals surface area contributed by atoms with Crippen LogP contribution in [0.5, 0.6) is 5.75 Å². The summed E-state index contributed by atoms with van der Waals surface area (Å²) in [5.74, 6) is -0.0272. The highest BCUT2D eigenvalue weighted by Crippen LogP contribution is 2.33. The number of carboxylic acid groups (broad SMARTS) is 1. The van der Waals surface area contributed by atoms with Crippen molar-refractivity contribution in [3.63, 3.8) is 0 Å². The van der Waals surface area contributed by atoms with Crippen LogP contribution in [0.2, 0.25) is 5.02 Å². The summed E-state index contributed by atoms with van der Waals surface area (Å²) in [5.41, 5.74) is 0.595. The standard InChI is InChI=1S/C16H14ClN3O4S/c1-9(15-18-4-2-5-19-15)24-12-8-13-11(7-10(12)17)20(16(23)25-13)6-3-14(21)22/h2,4-5,7-9H,3,6H2,1H3,(H,21,22)/t9-/m1/s1. The molecule has 3 aromatic rings. The minimum Gasteiger partial charge on any atom is -0.481 e. The zero-order valence-corrected chi connectivity index (χ0v) is 14.8. The van der Waals surface area contributed by atoms with Gasteiger partial charge in [-0.1, -0.05) is 22.9 Å². The topological polar surface area (TPSA) is 94.3 Å². The summed E-state index contributed by atoms with van der Waals surface area (Å²) >= 11 is 7.31. The van der Waals surface area contributed by atoms with Crippen molar-refractivity contribution in [1.29, 1.82) is 0 Å². The first-order valence-electron chi connectivity index (χ1n) is 7.44. The molecule has 0 bridgehead atoms. The lowest BCUT2D eigenvalue weighted by Gasteiger charge is -2.14. The minimum absolute atomic E-state index is 0.0962. The molecule has 7 nitrogen and oxygen atoms in total. The maximum Gasteiger partial charge on any atom is 0.308 e. The summed E-state index contributed by atoms with van der Waals surface area (Å²) in [5, 5.41) is 9.14. The molecule has 0 aliphatic rings.